The van der Waals surface area contributed by atoms with E-state index in [1.54, 1.807) is 11.1 Å². The summed E-state index contributed by atoms with van der Waals surface area (Å²) in [7, 11) is 0. The molecular weight excluding hydrogens is 305 g/mol. The van der Waals surface area contributed by atoms with E-state index in [9.17, 15) is 4.39 Å². The average Bonchev–Trinajstić information content (AvgIpc) is 2.97. The molecule has 0 saturated carbocycles. The van der Waals surface area contributed by atoms with E-state index in [0.29, 0.717) is 12.2 Å². The van der Waals surface area contributed by atoms with Gasteiger partial charge in [-0.3, -0.25) is 10.0 Å². The number of hydrogen-bond acceptors (Lipinski definition) is 4. The SMILES string of the molecule is CC(C)Oc1ccc(Cc2ccc(C3=NCCN3N)cc2)cc1F. The summed E-state index contributed by atoms with van der Waals surface area (Å²) in [5.74, 6) is 6.68. The summed E-state index contributed by atoms with van der Waals surface area (Å²) < 4.78 is 19.5. The highest BCUT2D eigenvalue weighted by molar-refractivity contribution is 5.99. The molecule has 0 aliphatic carbocycles. The van der Waals surface area contributed by atoms with Crippen molar-refractivity contribution >= 4 is 5.84 Å². The molecule has 0 bridgehead atoms. The van der Waals surface area contributed by atoms with Gasteiger partial charge in [-0.15, -0.1) is 0 Å². The fourth-order valence-corrected chi connectivity index (χ4v) is 2.73. The first-order valence-corrected chi connectivity index (χ1v) is 8.14. The smallest absolute Gasteiger partial charge is 0.165 e. The number of halogens is 1. The summed E-state index contributed by atoms with van der Waals surface area (Å²) in [6, 6.07) is 13.2. The summed E-state index contributed by atoms with van der Waals surface area (Å²) >= 11 is 0. The normalized spacial score (nSPS) is 14.2. The molecular formula is C19H22FN3O. The molecule has 24 heavy (non-hydrogen) atoms. The molecule has 1 aliphatic rings. The van der Waals surface area contributed by atoms with Gasteiger partial charge in [0.15, 0.2) is 11.6 Å². The first-order chi connectivity index (χ1) is 11.5. The number of ether oxygens (including phenoxy) is 1. The van der Waals surface area contributed by atoms with E-state index in [-0.39, 0.29) is 11.9 Å². The minimum absolute atomic E-state index is 0.0430. The number of rotatable bonds is 5. The van der Waals surface area contributed by atoms with Gasteiger partial charge in [-0.1, -0.05) is 30.3 Å². The summed E-state index contributed by atoms with van der Waals surface area (Å²) in [6.07, 6.45) is 0.622. The lowest BCUT2D eigenvalue weighted by Gasteiger charge is -2.14. The van der Waals surface area contributed by atoms with E-state index < -0.39 is 0 Å². The summed E-state index contributed by atoms with van der Waals surface area (Å²) in [5.41, 5.74) is 3.03. The molecule has 2 aromatic rings. The average molecular weight is 327 g/mol. The first-order valence-electron chi connectivity index (χ1n) is 8.14. The Morgan fingerprint density at radius 3 is 2.46 bits per heavy atom. The van der Waals surface area contributed by atoms with Gasteiger partial charge in [-0.25, -0.2) is 10.2 Å². The van der Waals surface area contributed by atoms with Gasteiger partial charge in [0.2, 0.25) is 0 Å². The van der Waals surface area contributed by atoms with Crippen molar-refractivity contribution in [1.82, 2.24) is 5.01 Å². The third-order valence-electron chi connectivity index (χ3n) is 3.85. The molecule has 0 atom stereocenters. The topological polar surface area (TPSA) is 50.8 Å². The van der Waals surface area contributed by atoms with Crippen LogP contribution in [-0.4, -0.2) is 30.0 Å². The van der Waals surface area contributed by atoms with Crippen molar-refractivity contribution in [3.8, 4) is 5.75 Å². The molecule has 0 spiro atoms. The van der Waals surface area contributed by atoms with E-state index in [4.69, 9.17) is 10.6 Å². The maximum absolute atomic E-state index is 14.1. The summed E-state index contributed by atoms with van der Waals surface area (Å²) in [5, 5.41) is 1.66. The lowest BCUT2D eigenvalue weighted by Crippen LogP contribution is -2.34. The molecule has 126 valence electrons. The molecule has 0 aromatic heterocycles. The number of hydrogen-bond donors (Lipinski definition) is 1. The van der Waals surface area contributed by atoms with E-state index in [1.165, 1.54) is 6.07 Å². The largest absolute Gasteiger partial charge is 0.488 e. The molecule has 0 fully saturated rings. The molecule has 1 aliphatic heterocycles. The Kier molecular flexibility index (Phi) is 4.81. The van der Waals surface area contributed by atoms with Gasteiger partial charge in [0.05, 0.1) is 19.2 Å². The predicted octanol–water partition coefficient (Wildman–Crippen LogP) is 3.14. The Morgan fingerprint density at radius 1 is 1.17 bits per heavy atom. The third kappa shape index (κ3) is 3.74. The van der Waals surface area contributed by atoms with Crippen molar-refractivity contribution in [2.75, 3.05) is 13.1 Å². The maximum Gasteiger partial charge on any atom is 0.165 e. The molecule has 5 heteroatoms. The zero-order chi connectivity index (χ0) is 17.1. The fraction of sp³-hybridized carbons (Fsp3) is 0.316. The highest BCUT2D eigenvalue weighted by Gasteiger charge is 2.15. The highest BCUT2D eigenvalue weighted by Crippen LogP contribution is 2.21. The highest BCUT2D eigenvalue weighted by atomic mass is 19.1. The van der Waals surface area contributed by atoms with Gasteiger partial charge in [0.1, 0.15) is 5.84 Å². The van der Waals surface area contributed by atoms with Crippen LogP contribution >= 0.6 is 0 Å². The molecule has 1 heterocycles. The Bertz CT molecular complexity index is 741. The molecule has 0 radical (unpaired) electrons. The minimum Gasteiger partial charge on any atom is -0.488 e. The zero-order valence-electron chi connectivity index (χ0n) is 14.0. The number of nitrogens with two attached hydrogens (primary N) is 1. The van der Waals surface area contributed by atoms with Crippen molar-refractivity contribution in [2.24, 2.45) is 10.8 Å². The van der Waals surface area contributed by atoms with Gasteiger partial charge in [-0.2, -0.15) is 0 Å². The minimum atomic E-state index is -0.322. The van der Waals surface area contributed by atoms with Crippen molar-refractivity contribution in [2.45, 2.75) is 26.4 Å². The van der Waals surface area contributed by atoms with Crippen LogP contribution in [0.4, 0.5) is 4.39 Å². The van der Waals surface area contributed by atoms with Crippen LogP contribution in [0.5, 0.6) is 5.75 Å². The number of hydrazine groups is 1. The summed E-state index contributed by atoms with van der Waals surface area (Å²) in [4.78, 5) is 4.40. The Labute approximate surface area is 141 Å². The third-order valence-corrected chi connectivity index (χ3v) is 3.85. The Hall–Kier alpha value is -2.40. The van der Waals surface area contributed by atoms with E-state index in [0.717, 1.165) is 35.6 Å². The van der Waals surface area contributed by atoms with Gasteiger partial charge in [0.25, 0.3) is 0 Å². The number of amidine groups is 1. The lowest BCUT2D eigenvalue weighted by atomic mass is 10.0. The molecule has 2 aromatic carbocycles. The second kappa shape index (κ2) is 7.01. The second-order valence-electron chi connectivity index (χ2n) is 6.20. The van der Waals surface area contributed by atoms with Gasteiger partial charge >= 0.3 is 0 Å². The Balaban J connectivity index is 1.71. The lowest BCUT2D eigenvalue weighted by molar-refractivity contribution is 0.231. The molecule has 3 rings (SSSR count). The van der Waals surface area contributed by atoms with E-state index in [2.05, 4.69) is 4.99 Å². The van der Waals surface area contributed by atoms with Crippen molar-refractivity contribution in [3.63, 3.8) is 0 Å². The van der Waals surface area contributed by atoms with E-state index in [1.807, 2.05) is 44.2 Å². The van der Waals surface area contributed by atoms with Gasteiger partial charge in [0, 0.05) is 5.56 Å². The van der Waals surface area contributed by atoms with Gasteiger partial charge < -0.3 is 4.74 Å². The Morgan fingerprint density at radius 2 is 1.88 bits per heavy atom. The van der Waals surface area contributed by atoms with Crippen LogP contribution in [0.1, 0.15) is 30.5 Å². The molecule has 2 N–H and O–H groups in total. The van der Waals surface area contributed by atoms with Crippen molar-refractivity contribution in [1.29, 1.82) is 0 Å². The summed E-state index contributed by atoms with van der Waals surface area (Å²) in [6.45, 7) is 5.25. The molecule has 0 unspecified atom stereocenters. The monoisotopic (exact) mass is 327 g/mol. The van der Waals surface area contributed by atoms with Crippen molar-refractivity contribution < 1.29 is 9.13 Å². The van der Waals surface area contributed by atoms with Crippen LogP contribution < -0.4 is 10.6 Å². The fourth-order valence-electron chi connectivity index (χ4n) is 2.73. The van der Waals surface area contributed by atoms with Crippen LogP contribution in [0, 0.1) is 5.82 Å². The number of nitrogens with zero attached hydrogens (tertiary/aromatic N) is 2. The first kappa shape index (κ1) is 16.5. The van der Waals surface area contributed by atoms with Crippen molar-refractivity contribution in [3.05, 3.63) is 65.0 Å². The number of aliphatic imine (C=N–C) groups is 1. The van der Waals surface area contributed by atoms with E-state index >= 15 is 0 Å². The molecule has 0 amide bonds. The van der Waals surface area contributed by atoms with Gasteiger partial charge in [-0.05, 0) is 43.5 Å². The van der Waals surface area contributed by atoms with Crippen LogP contribution in [0.3, 0.4) is 0 Å². The number of benzene rings is 2. The standard InChI is InChI=1S/C19H22FN3O/c1-13(2)24-18-8-5-15(12-17(18)20)11-14-3-6-16(7-4-14)19-22-9-10-23(19)21/h3-8,12-13H,9-11,21H2,1-2H3. The molecule has 4 nitrogen and oxygen atoms in total. The second-order valence-corrected chi connectivity index (χ2v) is 6.20. The zero-order valence-corrected chi connectivity index (χ0v) is 14.0. The molecule has 0 saturated heterocycles. The predicted molar refractivity (Wildman–Crippen MR) is 93.7 cm³/mol. The van der Waals surface area contributed by atoms with Crippen LogP contribution in [-0.2, 0) is 6.42 Å². The van der Waals surface area contributed by atoms with Crippen LogP contribution in [0.25, 0.3) is 0 Å². The maximum atomic E-state index is 14.1. The van der Waals surface area contributed by atoms with Crippen LogP contribution in [0.15, 0.2) is 47.5 Å². The van der Waals surface area contributed by atoms with Crippen LogP contribution in [0.2, 0.25) is 0 Å². The quantitative estimate of drug-likeness (QED) is 0.858.